The monoisotopic (exact) mass is 911 g/mol. The highest BCUT2D eigenvalue weighted by molar-refractivity contribution is 5.71. The van der Waals surface area contributed by atoms with Gasteiger partial charge in [0.2, 0.25) is 0 Å². The molecular weight excluding hydrogens is 805 g/mol. The van der Waals surface area contributed by atoms with Gasteiger partial charge in [-0.1, -0.05) is 243 Å². The van der Waals surface area contributed by atoms with E-state index in [0.717, 1.165) is 89.9 Å². The minimum atomic E-state index is -0.784. The molecule has 0 aromatic carbocycles. The maximum atomic E-state index is 12.8. The zero-order chi connectivity index (χ0) is 47.2. The van der Waals surface area contributed by atoms with Gasteiger partial charge in [0.05, 0.1) is 0 Å². The Bertz CT molecular complexity index is 1140. The lowest BCUT2D eigenvalue weighted by Crippen LogP contribution is -2.30. The van der Waals surface area contributed by atoms with Gasteiger partial charge in [0, 0.05) is 19.3 Å². The summed E-state index contributed by atoms with van der Waals surface area (Å²) < 4.78 is 16.8. The molecule has 0 aliphatic carbocycles. The first kappa shape index (κ1) is 62.4. The van der Waals surface area contributed by atoms with Crippen molar-refractivity contribution in [2.45, 2.75) is 297 Å². The molecule has 0 spiro atoms. The average Bonchev–Trinajstić information content (AvgIpc) is 3.30. The lowest BCUT2D eigenvalue weighted by Gasteiger charge is -2.18. The van der Waals surface area contributed by atoms with Crippen LogP contribution in [0.3, 0.4) is 0 Å². The molecule has 6 heteroatoms. The first-order chi connectivity index (χ1) is 32.0. The van der Waals surface area contributed by atoms with E-state index in [1.807, 2.05) is 0 Å². The summed E-state index contributed by atoms with van der Waals surface area (Å²) in [4.78, 5) is 38.1. The second-order valence-electron chi connectivity index (χ2n) is 18.8. The summed E-state index contributed by atoms with van der Waals surface area (Å²) >= 11 is 0. The molecule has 0 saturated carbocycles. The Labute approximate surface area is 403 Å². The van der Waals surface area contributed by atoms with Crippen molar-refractivity contribution in [2.24, 2.45) is 0 Å². The SMILES string of the molecule is CC/C=C\C/C=C\C/C=C\CCCCCCC(=O)OC(COC(=O)CCCCCCCCC/C=C\CCCCCCCCCC)COC(=O)CCCCCCCCCCCCCCCC. The Morgan fingerprint density at radius 1 is 0.323 bits per heavy atom. The molecule has 0 saturated heterocycles. The summed E-state index contributed by atoms with van der Waals surface area (Å²) in [7, 11) is 0. The Morgan fingerprint density at radius 2 is 0.600 bits per heavy atom. The van der Waals surface area contributed by atoms with Gasteiger partial charge in [0.1, 0.15) is 13.2 Å². The van der Waals surface area contributed by atoms with Gasteiger partial charge in [-0.2, -0.15) is 0 Å². The van der Waals surface area contributed by atoms with E-state index < -0.39 is 6.10 Å². The number of hydrogen-bond acceptors (Lipinski definition) is 6. The van der Waals surface area contributed by atoms with Gasteiger partial charge < -0.3 is 14.2 Å². The quantitative estimate of drug-likeness (QED) is 0.0262. The van der Waals surface area contributed by atoms with Crippen LogP contribution in [0.15, 0.2) is 48.6 Å². The molecule has 0 fully saturated rings. The molecule has 6 nitrogen and oxygen atoms in total. The van der Waals surface area contributed by atoms with Crippen molar-refractivity contribution in [1.82, 2.24) is 0 Å². The van der Waals surface area contributed by atoms with Crippen molar-refractivity contribution in [1.29, 1.82) is 0 Å². The minimum Gasteiger partial charge on any atom is -0.462 e. The molecule has 0 rings (SSSR count). The fraction of sp³-hybridized carbons (Fsp3) is 0.814. The summed E-state index contributed by atoms with van der Waals surface area (Å²) in [5.41, 5.74) is 0. The first-order valence-corrected chi connectivity index (χ1v) is 28.1. The Kier molecular flexibility index (Phi) is 51.8. The standard InChI is InChI=1S/C59H106O6/c1-4-7-10-13-16-19-22-25-28-29-30-31-32-35-37-40-43-46-49-52-58(61)64-55-56(65-59(62)53-50-47-44-41-38-34-27-24-21-18-15-12-9-6-3)54-63-57(60)51-48-45-42-39-36-33-26-23-20-17-14-11-8-5-2/h9,12,18,21,27,29-30,34,56H,4-8,10-11,13-17,19-20,22-26,28,31-33,35-55H2,1-3H3/b12-9-,21-18-,30-29-,34-27-. The lowest BCUT2D eigenvalue weighted by molar-refractivity contribution is -0.167. The fourth-order valence-corrected chi connectivity index (χ4v) is 8.10. The highest BCUT2D eigenvalue weighted by atomic mass is 16.6. The lowest BCUT2D eigenvalue weighted by atomic mass is 10.0. The molecule has 0 heterocycles. The Morgan fingerprint density at radius 3 is 0.954 bits per heavy atom. The van der Waals surface area contributed by atoms with Gasteiger partial charge in [-0.3, -0.25) is 14.4 Å². The molecule has 0 aromatic rings. The molecule has 378 valence electrons. The van der Waals surface area contributed by atoms with Crippen LogP contribution in [0.4, 0.5) is 0 Å². The number of allylic oxidation sites excluding steroid dienone is 8. The van der Waals surface area contributed by atoms with Crippen molar-refractivity contribution in [3.8, 4) is 0 Å². The van der Waals surface area contributed by atoms with E-state index in [1.54, 1.807) is 0 Å². The van der Waals surface area contributed by atoms with Gasteiger partial charge in [0.25, 0.3) is 0 Å². The van der Waals surface area contributed by atoms with E-state index in [2.05, 4.69) is 69.4 Å². The molecule has 0 radical (unpaired) electrons. The van der Waals surface area contributed by atoms with Crippen molar-refractivity contribution in [2.75, 3.05) is 13.2 Å². The van der Waals surface area contributed by atoms with Crippen LogP contribution in [0.25, 0.3) is 0 Å². The molecule has 0 bridgehead atoms. The Hall–Kier alpha value is -2.63. The molecule has 65 heavy (non-hydrogen) atoms. The number of esters is 3. The van der Waals surface area contributed by atoms with Gasteiger partial charge in [-0.15, -0.1) is 0 Å². The smallest absolute Gasteiger partial charge is 0.306 e. The highest BCUT2D eigenvalue weighted by Crippen LogP contribution is 2.16. The minimum absolute atomic E-state index is 0.0809. The van der Waals surface area contributed by atoms with Crippen LogP contribution >= 0.6 is 0 Å². The van der Waals surface area contributed by atoms with Crippen LogP contribution in [0.1, 0.15) is 290 Å². The number of rotatable bonds is 51. The topological polar surface area (TPSA) is 78.9 Å². The first-order valence-electron chi connectivity index (χ1n) is 28.1. The summed E-state index contributed by atoms with van der Waals surface area (Å²) in [6.07, 6.45) is 65.3. The predicted octanol–water partition coefficient (Wildman–Crippen LogP) is 18.7. The summed E-state index contributed by atoms with van der Waals surface area (Å²) in [5, 5.41) is 0. The number of unbranched alkanes of at least 4 members (excludes halogenated alkanes) is 32. The maximum Gasteiger partial charge on any atom is 0.306 e. The third kappa shape index (κ3) is 52.2. The fourth-order valence-electron chi connectivity index (χ4n) is 8.10. The van der Waals surface area contributed by atoms with Crippen molar-refractivity contribution in [3.05, 3.63) is 48.6 Å². The number of carbonyl (C=O) groups excluding carboxylic acids is 3. The summed E-state index contributed by atoms with van der Waals surface area (Å²) in [6.45, 7) is 6.53. The van der Waals surface area contributed by atoms with Crippen LogP contribution in [0.2, 0.25) is 0 Å². The maximum absolute atomic E-state index is 12.8. The molecule has 0 amide bonds. The second kappa shape index (κ2) is 54.0. The van der Waals surface area contributed by atoms with Crippen molar-refractivity contribution >= 4 is 17.9 Å². The average molecular weight is 911 g/mol. The van der Waals surface area contributed by atoms with Crippen molar-refractivity contribution < 1.29 is 28.6 Å². The largest absolute Gasteiger partial charge is 0.462 e. The molecule has 0 aromatic heterocycles. The van der Waals surface area contributed by atoms with Gasteiger partial charge >= 0.3 is 17.9 Å². The van der Waals surface area contributed by atoms with E-state index in [-0.39, 0.29) is 31.1 Å². The molecule has 0 aliphatic heterocycles. The Balaban J connectivity index is 4.36. The highest BCUT2D eigenvalue weighted by Gasteiger charge is 2.19. The number of hydrogen-bond donors (Lipinski definition) is 0. The molecule has 0 N–H and O–H groups in total. The molecule has 0 aliphatic rings. The zero-order valence-corrected chi connectivity index (χ0v) is 43.3. The molecule has 1 unspecified atom stereocenters. The van der Waals surface area contributed by atoms with Crippen LogP contribution in [-0.4, -0.2) is 37.2 Å². The normalized spacial score (nSPS) is 12.4. The predicted molar refractivity (Wildman–Crippen MR) is 279 cm³/mol. The van der Waals surface area contributed by atoms with E-state index >= 15 is 0 Å². The van der Waals surface area contributed by atoms with E-state index in [0.29, 0.717) is 19.3 Å². The van der Waals surface area contributed by atoms with Crippen LogP contribution in [-0.2, 0) is 28.6 Å². The molecule has 1 atom stereocenters. The van der Waals surface area contributed by atoms with Crippen LogP contribution < -0.4 is 0 Å². The van der Waals surface area contributed by atoms with Crippen LogP contribution in [0.5, 0.6) is 0 Å². The van der Waals surface area contributed by atoms with Crippen LogP contribution in [0, 0.1) is 0 Å². The van der Waals surface area contributed by atoms with E-state index in [4.69, 9.17) is 14.2 Å². The summed E-state index contributed by atoms with van der Waals surface area (Å²) in [5.74, 6) is -0.895. The van der Waals surface area contributed by atoms with E-state index in [1.165, 1.54) is 161 Å². The van der Waals surface area contributed by atoms with Crippen molar-refractivity contribution in [3.63, 3.8) is 0 Å². The number of carbonyl (C=O) groups is 3. The third-order valence-electron chi connectivity index (χ3n) is 12.3. The zero-order valence-electron chi connectivity index (χ0n) is 43.3. The second-order valence-corrected chi connectivity index (χ2v) is 18.8. The van der Waals surface area contributed by atoms with Gasteiger partial charge in [-0.25, -0.2) is 0 Å². The number of ether oxygens (including phenoxy) is 3. The molecular formula is C59H106O6. The van der Waals surface area contributed by atoms with Gasteiger partial charge in [-0.05, 0) is 77.0 Å². The summed E-state index contributed by atoms with van der Waals surface area (Å²) in [6, 6.07) is 0. The van der Waals surface area contributed by atoms with E-state index in [9.17, 15) is 14.4 Å². The third-order valence-corrected chi connectivity index (χ3v) is 12.3. The van der Waals surface area contributed by atoms with Gasteiger partial charge in [0.15, 0.2) is 6.10 Å².